The van der Waals surface area contributed by atoms with Gasteiger partial charge in [0.15, 0.2) is 11.0 Å². The summed E-state index contributed by atoms with van der Waals surface area (Å²) >= 11 is 1.40. The Labute approximate surface area is 169 Å². The zero-order valence-electron chi connectivity index (χ0n) is 16.7. The monoisotopic (exact) mass is 398 g/mol. The quantitative estimate of drug-likeness (QED) is 0.577. The molecule has 0 spiro atoms. The molecule has 1 N–H and O–H groups in total. The lowest BCUT2D eigenvalue weighted by atomic mass is 9.96. The van der Waals surface area contributed by atoms with Gasteiger partial charge in [0.1, 0.15) is 5.76 Å². The van der Waals surface area contributed by atoms with Crippen LogP contribution in [0.15, 0.2) is 52.2 Å². The minimum Gasteiger partial charge on any atom is -0.469 e. The molecule has 148 valence electrons. The predicted molar refractivity (Wildman–Crippen MR) is 111 cm³/mol. The molecule has 3 rings (SSSR count). The van der Waals surface area contributed by atoms with Gasteiger partial charge in [0.25, 0.3) is 0 Å². The van der Waals surface area contributed by atoms with E-state index in [-0.39, 0.29) is 11.2 Å². The number of carbonyl (C=O) groups excluding carboxylic acids is 1. The van der Waals surface area contributed by atoms with Crippen LogP contribution in [0.25, 0.3) is 11.4 Å². The number of carbonyl (C=O) groups is 1. The summed E-state index contributed by atoms with van der Waals surface area (Å²) in [6, 6.07) is 12.2. The summed E-state index contributed by atoms with van der Waals surface area (Å²) in [5, 5.41) is 12.0. The zero-order chi connectivity index (χ0) is 20.1. The van der Waals surface area contributed by atoms with Crippen LogP contribution in [0.3, 0.4) is 0 Å². The van der Waals surface area contributed by atoms with E-state index >= 15 is 0 Å². The van der Waals surface area contributed by atoms with E-state index in [1.807, 2.05) is 49.7 Å². The van der Waals surface area contributed by atoms with Crippen molar-refractivity contribution in [2.45, 2.75) is 43.5 Å². The molecule has 0 bridgehead atoms. The van der Waals surface area contributed by atoms with Crippen LogP contribution in [0.1, 0.15) is 37.5 Å². The van der Waals surface area contributed by atoms with Gasteiger partial charge in [-0.05, 0) is 31.9 Å². The van der Waals surface area contributed by atoms with E-state index in [0.717, 1.165) is 23.6 Å². The van der Waals surface area contributed by atoms with Gasteiger partial charge in [-0.15, -0.1) is 10.2 Å². The molecule has 0 fully saturated rings. The van der Waals surface area contributed by atoms with Crippen molar-refractivity contribution in [2.75, 3.05) is 6.54 Å². The number of nitrogens with one attached hydrogen (secondary N) is 1. The SMILES string of the molecule is CC[C@@H](CNC(=O)[C@@H](C)Sc1nnc(-c2ccoc2C)n1C)c1ccccc1. The Morgan fingerprint density at radius 2 is 2.00 bits per heavy atom. The molecule has 0 aliphatic heterocycles. The number of thioether (sulfide) groups is 1. The highest BCUT2D eigenvalue weighted by Gasteiger charge is 2.21. The molecular weight excluding hydrogens is 372 g/mol. The fraction of sp³-hybridized carbons (Fsp3) is 0.381. The van der Waals surface area contributed by atoms with Gasteiger partial charge >= 0.3 is 0 Å². The highest BCUT2D eigenvalue weighted by Crippen LogP contribution is 2.28. The molecule has 2 aromatic heterocycles. The molecule has 28 heavy (non-hydrogen) atoms. The Morgan fingerprint density at radius 1 is 1.25 bits per heavy atom. The second-order valence-electron chi connectivity index (χ2n) is 6.78. The Hall–Kier alpha value is -2.54. The minimum atomic E-state index is -0.269. The topological polar surface area (TPSA) is 73.0 Å². The molecule has 1 aromatic carbocycles. The van der Waals surface area contributed by atoms with Crippen molar-refractivity contribution >= 4 is 17.7 Å². The highest BCUT2D eigenvalue weighted by molar-refractivity contribution is 8.00. The third kappa shape index (κ3) is 4.47. The maximum Gasteiger partial charge on any atom is 0.233 e. The summed E-state index contributed by atoms with van der Waals surface area (Å²) in [6.07, 6.45) is 2.61. The largest absolute Gasteiger partial charge is 0.469 e. The number of hydrogen-bond donors (Lipinski definition) is 1. The van der Waals surface area contributed by atoms with Crippen LogP contribution in [-0.2, 0) is 11.8 Å². The number of furan rings is 1. The van der Waals surface area contributed by atoms with Crippen molar-refractivity contribution < 1.29 is 9.21 Å². The molecule has 0 aliphatic rings. The van der Waals surface area contributed by atoms with Gasteiger partial charge in [-0.25, -0.2) is 0 Å². The van der Waals surface area contributed by atoms with Crippen molar-refractivity contribution in [3.05, 3.63) is 54.0 Å². The Balaban J connectivity index is 1.60. The molecule has 3 aromatic rings. The normalized spacial score (nSPS) is 13.3. The van der Waals surface area contributed by atoms with Gasteiger partial charge in [0.2, 0.25) is 5.91 Å². The summed E-state index contributed by atoms with van der Waals surface area (Å²) in [4.78, 5) is 12.6. The molecule has 6 nitrogen and oxygen atoms in total. The number of rotatable bonds is 8. The van der Waals surface area contributed by atoms with E-state index in [2.05, 4.69) is 34.6 Å². The summed E-state index contributed by atoms with van der Waals surface area (Å²) in [5.74, 6) is 1.84. The first-order valence-corrected chi connectivity index (χ1v) is 10.3. The number of amides is 1. The lowest BCUT2D eigenvalue weighted by Crippen LogP contribution is -2.34. The Morgan fingerprint density at radius 3 is 2.64 bits per heavy atom. The standard InChI is InChI=1S/C21H26N4O2S/c1-5-16(17-9-7-6-8-10-17)13-22-20(26)15(3)28-21-24-23-19(25(21)4)18-11-12-27-14(18)2/h6-12,15-16H,5,13H2,1-4H3,(H,22,26)/t15-,16+/m1/s1. The predicted octanol–water partition coefficient (Wildman–Crippen LogP) is 4.17. The highest BCUT2D eigenvalue weighted by atomic mass is 32.2. The zero-order valence-corrected chi connectivity index (χ0v) is 17.5. The third-order valence-electron chi connectivity index (χ3n) is 4.87. The van der Waals surface area contributed by atoms with E-state index in [4.69, 9.17) is 4.42 Å². The van der Waals surface area contributed by atoms with Gasteiger partial charge < -0.3 is 14.3 Å². The van der Waals surface area contributed by atoms with Crippen LogP contribution >= 0.6 is 11.8 Å². The van der Waals surface area contributed by atoms with Gasteiger partial charge in [-0.1, -0.05) is 49.0 Å². The molecule has 1 amide bonds. The van der Waals surface area contributed by atoms with Gasteiger partial charge in [-0.2, -0.15) is 0 Å². The van der Waals surface area contributed by atoms with E-state index in [9.17, 15) is 4.79 Å². The Bertz CT molecular complexity index is 920. The number of aryl methyl sites for hydroxylation is 1. The van der Waals surface area contributed by atoms with E-state index in [1.165, 1.54) is 17.3 Å². The molecule has 0 radical (unpaired) electrons. The van der Waals surface area contributed by atoms with Gasteiger partial charge in [0.05, 0.1) is 17.1 Å². The van der Waals surface area contributed by atoms with E-state index < -0.39 is 0 Å². The molecule has 0 saturated heterocycles. The first-order chi connectivity index (χ1) is 13.5. The van der Waals surface area contributed by atoms with Crippen LogP contribution in [-0.4, -0.2) is 32.5 Å². The first-order valence-electron chi connectivity index (χ1n) is 9.44. The van der Waals surface area contributed by atoms with Crippen LogP contribution < -0.4 is 5.32 Å². The molecule has 0 unspecified atom stereocenters. The summed E-state index contributed by atoms with van der Waals surface area (Å²) in [5.41, 5.74) is 2.16. The maximum absolute atomic E-state index is 12.6. The van der Waals surface area contributed by atoms with Crippen molar-refractivity contribution in [1.29, 1.82) is 0 Å². The summed E-state index contributed by atoms with van der Waals surface area (Å²) < 4.78 is 7.25. The molecule has 2 atom stereocenters. The van der Waals surface area contributed by atoms with Crippen LogP contribution in [0.4, 0.5) is 0 Å². The average molecular weight is 399 g/mol. The molecule has 7 heteroatoms. The maximum atomic E-state index is 12.6. The molecule has 0 aliphatic carbocycles. The van der Waals surface area contributed by atoms with E-state index in [0.29, 0.717) is 17.6 Å². The first kappa shape index (κ1) is 20.2. The average Bonchev–Trinajstić information content (AvgIpc) is 3.28. The smallest absolute Gasteiger partial charge is 0.233 e. The van der Waals surface area contributed by atoms with Crippen molar-refractivity contribution in [1.82, 2.24) is 20.1 Å². The molecular formula is C21H26N4O2S. The van der Waals surface area contributed by atoms with Crippen molar-refractivity contribution in [2.24, 2.45) is 7.05 Å². The molecule has 2 heterocycles. The third-order valence-corrected chi connectivity index (χ3v) is 6.01. The van der Waals surface area contributed by atoms with Crippen LogP contribution in [0, 0.1) is 6.92 Å². The van der Waals surface area contributed by atoms with Gasteiger partial charge in [-0.3, -0.25) is 4.79 Å². The number of aromatic nitrogens is 3. The minimum absolute atomic E-state index is 0.00317. The van der Waals surface area contributed by atoms with E-state index in [1.54, 1.807) is 6.26 Å². The lowest BCUT2D eigenvalue weighted by Gasteiger charge is -2.18. The second-order valence-corrected chi connectivity index (χ2v) is 8.08. The summed E-state index contributed by atoms with van der Waals surface area (Å²) in [6.45, 7) is 6.55. The van der Waals surface area contributed by atoms with Crippen LogP contribution in [0.5, 0.6) is 0 Å². The van der Waals surface area contributed by atoms with Crippen molar-refractivity contribution in [3.63, 3.8) is 0 Å². The summed E-state index contributed by atoms with van der Waals surface area (Å²) in [7, 11) is 1.90. The number of benzene rings is 1. The Kier molecular flexibility index (Phi) is 6.57. The van der Waals surface area contributed by atoms with Gasteiger partial charge in [0, 0.05) is 19.5 Å². The fourth-order valence-electron chi connectivity index (χ4n) is 3.07. The van der Waals surface area contributed by atoms with Crippen molar-refractivity contribution in [3.8, 4) is 11.4 Å². The number of nitrogens with zero attached hydrogens (tertiary/aromatic N) is 3. The fourth-order valence-corrected chi connectivity index (χ4v) is 3.91. The number of hydrogen-bond acceptors (Lipinski definition) is 5. The second kappa shape index (κ2) is 9.10. The molecule has 0 saturated carbocycles. The lowest BCUT2D eigenvalue weighted by molar-refractivity contribution is -0.120. The van der Waals surface area contributed by atoms with Crippen LogP contribution in [0.2, 0.25) is 0 Å².